The average Bonchev–Trinajstić information content (AvgIpc) is 3.01. The summed E-state index contributed by atoms with van der Waals surface area (Å²) in [5.41, 5.74) is 1.73. The van der Waals surface area contributed by atoms with Gasteiger partial charge >= 0.3 is 0 Å². The van der Waals surface area contributed by atoms with Gasteiger partial charge in [0.15, 0.2) is 9.84 Å². The fraction of sp³-hybridized carbons (Fsp3) is 0.316. The van der Waals surface area contributed by atoms with Gasteiger partial charge in [-0.15, -0.1) is 0 Å². The summed E-state index contributed by atoms with van der Waals surface area (Å²) in [6.45, 7) is 1.83. The van der Waals surface area contributed by atoms with E-state index >= 15 is 0 Å². The topological polar surface area (TPSA) is 88.1 Å². The molecule has 2 aromatic heterocycles. The van der Waals surface area contributed by atoms with Crippen LogP contribution in [0.2, 0.25) is 0 Å². The van der Waals surface area contributed by atoms with Crippen LogP contribution in [0, 0.1) is 6.92 Å². The zero-order valence-corrected chi connectivity index (χ0v) is 16.1. The summed E-state index contributed by atoms with van der Waals surface area (Å²) in [6.07, 6.45) is 2.39. The highest BCUT2D eigenvalue weighted by atomic mass is 32.2. The number of rotatable bonds is 4. The van der Waals surface area contributed by atoms with Crippen LogP contribution < -0.4 is 10.2 Å². The van der Waals surface area contributed by atoms with Crippen molar-refractivity contribution in [1.29, 1.82) is 0 Å². The molecule has 140 valence electrons. The van der Waals surface area contributed by atoms with Crippen LogP contribution in [-0.4, -0.2) is 48.0 Å². The van der Waals surface area contributed by atoms with Gasteiger partial charge in [-0.05, 0) is 25.5 Å². The fourth-order valence-corrected chi connectivity index (χ4v) is 5.18. The first-order valence-corrected chi connectivity index (χ1v) is 10.6. The Kier molecular flexibility index (Phi) is 4.43. The molecule has 7 nitrogen and oxygen atoms in total. The number of aromatic nitrogens is 3. The van der Waals surface area contributed by atoms with E-state index < -0.39 is 9.84 Å². The molecule has 1 atom stereocenters. The summed E-state index contributed by atoms with van der Waals surface area (Å²) in [5.74, 6) is 2.39. The van der Waals surface area contributed by atoms with Crippen molar-refractivity contribution < 1.29 is 8.42 Å². The maximum Gasteiger partial charge on any atom is 0.152 e. The Balaban J connectivity index is 1.64. The molecule has 1 aromatic carbocycles. The number of fused-ring (bicyclic) bond motifs is 1. The lowest BCUT2D eigenvalue weighted by Crippen LogP contribution is -2.33. The number of para-hydroxylation sites is 1. The van der Waals surface area contributed by atoms with Crippen molar-refractivity contribution in [3.8, 4) is 0 Å². The van der Waals surface area contributed by atoms with Crippen molar-refractivity contribution in [2.24, 2.45) is 0 Å². The van der Waals surface area contributed by atoms with Gasteiger partial charge in [0, 0.05) is 30.7 Å². The normalized spacial score (nSPS) is 18.5. The lowest BCUT2D eigenvalue weighted by atomic mass is 10.2. The van der Waals surface area contributed by atoms with Gasteiger partial charge in [-0.25, -0.2) is 18.4 Å². The number of benzene rings is 1. The van der Waals surface area contributed by atoms with Gasteiger partial charge in [-0.2, -0.15) is 0 Å². The third kappa shape index (κ3) is 3.71. The Bertz CT molecular complexity index is 1090. The van der Waals surface area contributed by atoms with Crippen molar-refractivity contribution in [3.05, 3.63) is 48.4 Å². The molecule has 0 amide bonds. The molecule has 27 heavy (non-hydrogen) atoms. The summed E-state index contributed by atoms with van der Waals surface area (Å²) in [5, 5.41) is 4.37. The molecule has 1 fully saturated rings. The molecular weight excluding hydrogens is 362 g/mol. The average molecular weight is 383 g/mol. The molecule has 1 saturated heterocycles. The highest BCUT2D eigenvalue weighted by molar-refractivity contribution is 7.91. The van der Waals surface area contributed by atoms with Crippen LogP contribution in [0.15, 0.2) is 42.6 Å². The van der Waals surface area contributed by atoms with E-state index in [1.54, 1.807) is 6.20 Å². The number of pyridine rings is 1. The number of hydrogen-bond donors (Lipinski definition) is 1. The van der Waals surface area contributed by atoms with E-state index in [2.05, 4.69) is 20.3 Å². The SMILES string of the molecule is Cc1nc(Nc2cccc3cccnc23)cc(N(C)C2CCS(=O)(=O)C2)n1. The van der Waals surface area contributed by atoms with Gasteiger partial charge in [0.1, 0.15) is 17.5 Å². The molecule has 0 saturated carbocycles. The van der Waals surface area contributed by atoms with E-state index in [0.29, 0.717) is 23.9 Å². The monoisotopic (exact) mass is 383 g/mol. The minimum atomic E-state index is -2.95. The van der Waals surface area contributed by atoms with Crippen LogP contribution in [-0.2, 0) is 9.84 Å². The first kappa shape index (κ1) is 17.7. The first-order valence-electron chi connectivity index (χ1n) is 8.81. The summed E-state index contributed by atoms with van der Waals surface area (Å²) in [6, 6.07) is 11.6. The zero-order chi connectivity index (χ0) is 19.0. The summed E-state index contributed by atoms with van der Waals surface area (Å²) in [4.78, 5) is 15.4. The molecule has 1 aliphatic heterocycles. The minimum absolute atomic E-state index is 0.0589. The van der Waals surface area contributed by atoms with Crippen LogP contribution in [0.5, 0.6) is 0 Å². The van der Waals surface area contributed by atoms with E-state index in [1.165, 1.54) is 0 Å². The smallest absolute Gasteiger partial charge is 0.152 e. The summed E-state index contributed by atoms with van der Waals surface area (Å²) in [7, 11) is -1.07. The number of hydrogen-bond acceptors (Lipinski definition) is 7. The van der Waals surface area contributed by atoms with Crippen molar-refractivity contribution >= 4 is 38.1 Å². The maximum atomic E-state index is 11.8. The minimum Gasteiger partial charge on any atom is -0.355 e. The molecule has 1 aliphatic rings. The van der Waals surface area contributed by atoms with E-state index in [4.69, 9.17) is 0 Å². The largest absolute Gasteiger partial charge is 0.355 e. The van der Waals surface area contributed by atoms with E-state index in [9.17, 15) is 8.42 Å². The fourth-order valence-electron chi connectivity index (χ4n) is 3.41. The molecule has 3 heterocycles. The lowest BCUT2D eigenvalue weighted by Gasteiger charge is -2.25. The van der Waals surface area contributed by atoms with Crippen molar-refractivity contribution in [2.75, 3.05) is 28.8 Å². The Hall–Kier alpha value is -2.74. The number of aryl methyl sites for hydroxylation is 1. The molecule has 0 bridgehead atoms. The molecule has 0 aliphatic carbocycles. The van der Waals surface area contributed by atoms with Crippen LogP contribution in [0.25, 0.3) is 10.9 Å². The zero-order valence-electron chi connectivity index (χ0n) is 15.3. The second-order valence-electron chi connectivity index (χ2n) is 6.83. The number of nitrogens with one attached hydrogen (secondary N) is 1. The summed E-state index contributed by atoms with van der Waals surface area (Å²) < 4.78 is 23.6. The molecule has 0 spiro atoms. The Morgan fingerprint density at radius 3 is 2.78 bits per heavy atom. The second kappa shape index (κ2) is 6.77. The first-order chi connectivity index (χ1) is 12.9. The predicted octanol–water partition coefficient (Wildman–Crippen LogP) is 2.70. The van der Waals surface area contributed by atoms with Gasteiger partial charge in [-0.3, -0.25) is 4.98 Å². The molecule has 0 radical (unpaired) electrons. The summed E-state index contributed by atoms with van der Waals surface area (Å²) >= 11 is 0. The van der Waals surface area contributed by atoms with E-state index in [0.717, 1.165) is 16.6 Å². The van der Waals surface area contributed by atoms with Gasteiger partial charge in [-0.1, -0.05) is 18.2 Å². The number of anilines is 3. The second-order valence-corrected chi connectivity index (χ2v) is 9.06. The van der Waals surface area contributed by atoms with Gasteiger partial charge in [0.25, 0.3) is 0 Å². The van der Waals surface area contributed by atoms with Gasteiger partial charge in [0.05, 0.1) is 22.7 Å². The van der Waals surface area contributed by atoms with Gasteiger partial charge < -0.3 is 10.2 Å². The standard InChI is InChI=1S/C19H21N5O2S/c1-13-21-17(23-16-7-3-5-14-6-4-9-20-19(14)16)11-18(22-13)24(2)15-8-10-27(25,26)12-15/h3-7,9,11,15H,8,10,12H2,1-2H3,(H,21,22,23). The highest BCUT2D eigenvalue weighted by Crippen LogP contribution is 2.27. The molecule has 1 unspecified atom stereocenters. The molecular formula is C19H21N5O2S. The maximum absolute atomic E-state index is 11.8. The van der Waals surface area contributed by atoms with Crippen LogP contribution >= 0.6 is 0 Å². The Morgan fingerprint density at radius 1 is 1.19 bits per heavy atom. The van der Waals surface area contributed by atoms with E-state index in [1.807, 2.05) is 55.3 Å². The van der Waals surface area contributed by atoms with Gasteiger partial charge in [0.2, 0.25) is 0 Å². The molecule has 8 heteroatoms. The highest BCUT2D eigenvalue weighted by Gasteiger charge is 2.31. The van der Waals surface area contributed by atoms with Crippen molar-refractivity contribution in [3.63, 3.8) is 0 Å². The van der Waals surface area contributed by atoms with E-state index in [-0.39, 0.29) is 17.5 Å². The lowest BCUT2D eigenvalue weighted by molar-refractivity contribution is 0.600. The van der Waals surface area contributed by atoms with Crippen molar-refractivity contribution in [2.45, 2.75) is 19.4 Å². The third-order valence-electron chi connectivity index (χ3n) is 4.84. The molecule has 4 rings (SSSR count). The quantitative estimate of drug-likeness (QED) is 0.741. The number of nitrogens with zero attached hydrogens (tertiary/aromatic N) is 4. The van der Waals surface area contributed by atoms with Crippen LogP contribution in [0.1, 0.15) is 12.2 Å². The Morgan fingerprint density at radius 2 is 2.00 bits per heavy atom. The molecule has 3 aromatic rings. The van der Waals surface area contributed by atoms with Crippen LogP contribution in [0.3, 0.4) is 0 Å². The number of sulfone groups is 1. The predicted molar refractivity (Wildman–Crippen MR) is 107 cm³/mol. The third-order valence-corrected chi connectivity index (χ3v) is 6.59. The molecule has 1 N–H and O–H groups in total. The van der Waals surface area contributed by atoms with Crippen LogP contribution in [0.4, 0.5) is 17.3 Å². The van der Waals surface area contributed by atoms with Crippen molar-refractivity contribution in [1.82, 2.24) is 15.0 Å². The Labute approximate surface area is 158 Å².